The molecule has 1 saturated heterocycles. The number of benzene rings is 3. The second-order valence-electron chi connectivity index (χ2n) is 8.33. The predicted octanol–water partition coefficient (Wildman–Crippen LogP) is 3.66. The van der Waals surface area contributed by atoms with Crippen LogP contribution in [0.15, 0.2) is 72.8 Å². The van der Waals surface area contributed by atoms with Crippen molar-refractivity contribution in [3.63, 3.8) is 0 Å². The van der Waals surface area contributed by atoms with E-state index in [2.05, 4.69) is 5.32 Å². The molecule has 3 aliphatic heterocycles. The molecule has 0 aliphatic carbocycles. The first-order valence-corrected chi connectivity index (χ1v) is 10.2. The fraction of sp³-hybridized carbons (Fsp3) is 0.200. The number of ether oxygens (including phenoxy) is 1. The Morgan fingerprint density at radius 2 is 1.74 bits per heavy atom. The van der Waals surface area contributed by atoms with Gasteiger partial charge in [-0.15, -0.1) is 0 Å². The highest BCUT2D eigenvalue weighted by molar-refractivity contribution is 6.09. The molecule has 3 aliphatic rings. The fourth-order valence-corrected chi connectivity index (χ4v) is 5.59. The van der Waals surface area contributed by atoms with Crippen molar-refractivity contribution in [3.05, 3.63) is 95.3 Å². The standard InChI is InChI=1S/C25H19FN2O3/c1-28-18-12-11-15(26)13-17(18)25(24(28)30)21-16-9-5-6-10-19(16)31-23(29)20(21)22(27-25)14-7-3-2-4-8-14/h2-13,20-22,27H,1H3/t20-,21+,22+,25-/m0/s1. The summed E-state index contributed by atoms with van der Waals surface area (Å²) in [5, 5.41) is 3.50. The summed E-state index contributed by atoms with van der Waals surface area (Å²) in [5.74, 6) is -1.73. The number of anilines is 1. The number of esters is 1. The summed E-state index contributed by atoms with van der Waals surface area (Å²) in [6, 6.07) is 20.8. The lowest BCUT2D eigenvalue weighted by atomic mass is 9.70. The molecule has 0 radical (unpaired) electrons. The van der Waals surface area contributed by atoms with Crippen LogP contribution in [0, 0.1) is 11.7 Å². The maximum atomic E-state index is 14.4. The molecule has 1 N–H and O–H groups in total. The van der Waals surface area contributed by atoms with Crippen molar-refractivity contribution < 1.29 is 18.7 Å². The third kappa shape index (κ3) is 2.28. The molecule has 3 heterocycles. The number of hydrogen-bond donors (Lipinski definition) is 1. The van der Waals surface area contributed by atoms with Gasteiger partial charge < -0.3 is 9.64 Å². The minimum Gasteiger partial charge on any atom is -0.426 e. The predicted molar refractivity (Wildman–Crippen MR) is 112 cm³/mol. The van der Waals surface area contributed by atoms with Crippen LogP contribution in [-0.2, 0) is 15.1 Å². The SMILES string of the molecule is CN1C(=O)[C@]2(N[C@H](c3ccccc3)[C@H]3C(=O)Oc4ccccc4[C@H]32)c2cc(F)ccc21. The molecule has 1 spiro atoms. The van der Waals surface area contributed by atoms with Crippen LogP contribution in [0.25, 0.3) is 0 Å². The first kappa shape index (κ1) is 18.3. The normalized spacial score (nSPS) is 28.3. The zero-order valence-electron chi connectivity index (χ0n) is 16.7. The second-order valence-corrected chi connectivity index (χ2v) is 8.33. The minimum atomic E-state index is -1.27. The highest BCUT2D eigenvalue weighted by Crippen LogP contribution is 2.61. The Balaban J connectivity index is 1.66. The second kappa shape index (κ2) is 6.25. The quantitative estimate of drug-likeness (QED) is 0.488. The molecule has 0 bridgehead atoms. The van der Waals surface area contributed by atoms with Crippen LogP contribution in [0.5, 0.6) is 5.75 Å². The summed E-state index contributed by atoms with van der Waals surface area (Å²) in [5.41, 5.74) is 1.58. The van der Waals surface area contributed by atoms with Crippen molar-refractivity contribution in [1.29, 1.82) is 0 Å². The van der Waals surface area contributed by atoms with Gasteiger partial charge in [0.05, 0.1) is 5.92 Å². The van der Waals surface area contributed by atoms with Crippen molar-refractivity contribution in [1.82, 2.24) is 5.32 Å². The van der Waals surface area contributed by atoms with E-state index in [1.165, 1.54) is 12.1 Å². The number of likely N-dealkylation sites (N-methyl/N-ethyl adjacent to an activating group) is 1. The third-order valence-electron chi connectivity index (χ3n) is 6.85. The first-order valence-electron chi connectivity index (χ1n) is 10.2. The van der Waals surface area contributed by atoms with Crippen molar-refractivity contribution in [2.75, 3.05) is 11.9 Å². The summed E-state index contributed by atoms with van der Waals surface area (Å²) in [7, 11) is 1.69. The van der Waals surface area contributed by atoms with E-state index < -0.39 is 29.2 Å². The van der Waals surface area contributed by atoms with Gasteiger partial charge in [-0.2, -0.15) is 0 Å². The van der Waals surface area contributed by atoms with Crippen LogP contribution < -0.4 is 15.0 Å². The molecule has 6 rings (SSSR count). The number of nitrogens with zero attached hydrogens (tertiary/aromatic N) is 1. The van der Waals surface area contributed by atoms with E-state index >= 15 is 0 Å². The number of amides is 1. The average molecular weight is 414 g/mol. The summed E-state index contributed by atoms with van der Waals surface area (Å²) < 4.78 is 20.1. The molecule has 31 heavy (non-hydrogen) atoms. The molecule has 3 aromatic rings. The summed E-state index contributed by atoms with van der Waals surface area (Å²) in [6.45, 7) is 0. The molecule has 4 atom stereocenters. The molecule has 5 nitrogen and oxygen atoms in total. The van der Waals surface area contributed by atoms with Gasteiger partial charge in [-0.05, 0) is 29.8 Å². The van der Waals surface area contributed by atoms with Gasteiger partial charge in [0.1, 0.15) is 17.1 Å². The van der Waals surface area contributed by atoms with E-state index in [9.17, 15) is 14.0 Å². The number of hydrogen-bond acceptors (Lipinski definition) is 4. The van der Waals surface area contributed by atoms with Crippen LogP contribution in [0.4, 0.5) is 10.1 Å². The molecule has 0 unspecified atom stereocenters. The summed E-state index contributed by atoms with van der Waals surface area (Å²) in [6.07, 6.45) is 0. The van der Waals surface area contributed by atoms with E-state index in [0.717, 1.165) is 11.1 Å². The monoisotopic (exact) mass is 414 g/mol. The molecule has 0 aromatic heterocycles. The smallest absolute Gasteiger partial charge is 0.317 e. The molecule has 1 amide bonds. The fourth-order valence-electron chi connectivity index (χ4n) is 5.59. The largest absolute Gasteiger partial charge is 0.426 e. The van der Waals surface area contributed by atoms with Crippen molar-refractivity contribution >= 4 is 17.6 Å². The maximum absolute atomic E-state index is 14.4. The topological polar surface area (TPSA) is 58.6 Å². The van der Waals surface area contributed by atoms with Gasteiger partial charge in [-0.1, -0.05) is 48.5 Å². The minimum absolute atomic E-state index is 0.203. The van der Waals surface area contributed by atoms with Gasteiger partial charge in [-0.25, -0.2) is 4.39 Å². The van der Waals surface area contributed by atoms with Crippen LogP contribution in [0.1, 0.15) is 28.7 Å². The Morgan fingerprint density at radius 1 is 1.00 bits per heavy atom. The first-order chi connectivity index (χ1) is 15.0. The number of fused-ring (bicyclic) bond motifs is 6. The maximum Gasteiger partial charge on any atom is 0.317 e. The highest BCUT2D eigenvalue weighted by Gasteiger charge is 2.67. The number of carbonyl (C=O) groups is 2. The zero-order chi connectivity index (χ0) is 21.3. The molecule has 0 saturated carbocycles. The van der Waals surface area contributed by atoms with Crippen LogP contribution in [0.2, 0.25) is 0 Å². The van der Waals surface area contributed by atoms with Gasteiger partial charge >= 0.3 is 5.97 Å². The van der Waals surface area contributed by atoms with Crippen molar-refractivity contribution in [3.8, 4) is 5.75 Å². The van der Waals surface area contributed by atoms with Crippen molar-refractivity contribution in [2.45, 2.75) is 17.5 Å². The number of nitrogens with one attached hydrogen (secondary N) is 1. The Labute approximate surface area is 178 Å². The molecule has 154 valence electrons. The summed E-state index contributed by atoms with van der Waals surface area (Å²) >= 11 is 0. The Morgan fingerprint density at radius 3 is 2.55 bits per heavy atom. The van der Waals surface area contributed by atoms with E-state index in [-0.39, 0.29) is 11.9 Å². The van der Waals surface area contributed by atoms with Gasteiger partial charge in [0.15, 0.2) is 0 Å². The number of carbonyl (C=O) groups excluding carboxylic acids is 2. The molecular formula is C25H19FN2O3. The lowest BCUT2D eigenvalue weighted by molar-refractivity contribution is -0.141. The van der Waals surface area contributed by atoms with Crippen LogP contribution >= 0.6 is 0 Å². The van der Waals surface area contributed by atoms with E-state index in [4.69, 9.17) is 4.74 Å². The highest BCUT2D eigenvalue weighted by atomic mass is 19.1. The zero-order valence-corrected chi connectivity index (χ0v) is 16.7. The lowest BCUT2D eigenvalue weighted by Gasteiger charge is -2.35. The van der Waals surface area contributed by atoms with E-state index in [1.54, 1.807) is 30.1 Å². The van der Waals surface area contributed by atoms with Gasteiger partial charge in [0.25, 0.3) is 5.91 Å². The number of halogens is 1. The Bertz CT molecular complexity index is 1240. The molecule has 3 aromatic carbocycles. The molecule has 6 heteroatoms. The molecular weight excluding hydrogens is 395 g/mol. The van der Waals surface area contributed by atoms with Gasteiger partial charge in [0, 0.05) is 35.8 Å². The van der Waals surface area contributed by atoms with E-state index in [1.807, 2.05) is 42.5 Å². The Kier molecular flexibility index (Phi) is 3.68. The molecule has 1 fully saturated rings. The average Bonchev–Trinajstić information content (AvgIpc) is 3.25. The van der Waals surface area contributed by atoms with Gasteiger partial charge in [0.2, 0.25) is 0 Å². The lowest BCUT2D eigenvalue weighted by Crippen LogP contribution is -2.50. The van der Waals surface area contributed by atoms with Crippen LogP contribution in [-0.4, -0.2) is 18.9 Å². The summed E-state index contributed by atoms with van der Waals surface area (Å²) in [4.78, 5) is 28.7. The van der Waals surface area contributed by atoms with Gasteiger partial charge in [-0.3, -0.25) is 14.9 Å². The third-order valence-corrected chi connectivity index (χ3v) is 6.85. The van der Waals surface area contributed by atoms with Crippen molar-refractivity contribution in [2.24, 2.45) is 5.92 Å². The number of rotatable bonds is 1. The Hall–Kier alpha value is -3.51. The van der Waals surface area contributed by atoms with Crippen LogP contribution in [0.3, 0.4) is 0 Å². The number of para-hydroxylation sites is 1. The van der Waals surface area contributed by atoms with E-state index in [0.29, 0.717) is 17.0 Å².